The normalized spacial score (nSPS) is 15.4. The van der Waals surface area contributed by atoms with Crippen LogP contribution in [0.4, 0.5) is 8.78 Å². The van der Waals surface area contributed by atoms with Crippen LogP contribution >= 0.6 is 0 Å². The van der Waals surface area contributed by atoms with Crippen LogP contribution in [0.25, 0.3) is 28.3 Å². The maximum atomic E-state index is 14.0. The molecule has 6 heterocycles. The molecule has 0 atom stereocenters. The number of Topliss-reactive ketones (excluding diaryl/α,β-unsaturated/α-hetero) is 1. The van der Waals surface area contributed by atoms with Crippen LogP contribution in [0.2, 0.25) is 0 Å². The van der Waals surface area contributed by atoms with Crippen molar-refractivity contribution >= 4 is 17.3 Å². The first-order chi connectivity index (χ1) is 22.9. The fourth-order valence-electron chi connectivity index (χ4n) is 6.30. The van der Waals surface area contributed by atoms with E-state index in [1.54, 1.807) is 33.8 Å². The number of pyridine rings is 1. The molecule has 2 fully saturated rings. The predicted octanol–water partition coefficient (Wildman–Crippen LogP) is 5.70. The highest BCUT2D eigenvalue weighted by molar-refractivity contribution is 5.97. The van der Waals surface area contributed by atoms with E-state index in [4.69, 9.17) is 14.6 Å². The van der Waals surface area contributed by atoms with Gasteiger partial charge in [-0.2, -0.15) is 9.49 Å². The fourth-order valence-corrected chi connectivity index (χ4v) is 6.30. The van der Waals surface area contributed by atoms with Crippen molar-refractivity contribution in [2.24, 2.45) is 0 Å². The Labute approximate surface area is 266 Å². The number of ketones is 1. The van der Waals surface area contributed by atoms with Crippen LogP contribution in [0.5, 0.6) is 0 Å². The summed E-state index contributed by atoms with van der Waals surface area (Å²) in [4.78, 5) is 40.9. The second-order valence-corrected chi connectivity index (χ2v) is 11.9. The number of imidazole rings is 2. The lowest BCUT2D eigenvalue weighted by Gasteiger charge is -2.33. The van der Waals surface area contributed by atoms with Gasteiger partial charge < -0.3 is 14.0 Å². The number of nitrogens with zero attached hydrogens (tertiary/aromatic N) is 8. The van der Waals surface area contributed by atoms with Crippen molar-refractivity contribution in [1.29, 1.82) is 0 Å². The number of hydrogen-bond acceptors (Lipinski definition) is 8. The number of likely N-dealkylation sites (tertiary alicyclic amines) is 1. The third-order valence-electron chi connectivity index (χ3n) is 8.78. The molecule has 0 N–H and O–H groups in total. The third kappa shape index (κ3) is 5.58. The molecule has 0 spiro atoms. The van der Waals surface area contributed by atoms with Crippen LogP contribution in [0.15, 0.2) is 77.8 Å². The van der Waals surface area contributed by atoms with Gasteiger partial charge in [0.1, 0.15) is 23.6 Å². The number of piperidine rings is 1. The zero-order chi connectivity index (χ0) is 32.1. The van der Waals surface area contributed by atoms with Crippen LogP contribution in [0.3, 0.4) is 0 Å². The van der Waals surface area contributed by atoms with E-state index >= 15 is 0 Å². The molecule has 2 aliphatic rings. The van der Waals surface area contributed by atoms with Gasteiger partial charge in [-0.15, -0.1) is 0 Å². The largest absolute Gasteiger partial charge is 0.364 e. The summed E-state index contributed by atoms with van der Waals surface area (Å²) in [6.45, 7) is 1.08. The summed E-state index contributed by atoms with van der Waals surface area (Å²) in [7, 11) is 0. The molecular formula is C34H28F2N8O3. The van der Waals surface area contributed by atoms with Crippen molar-refractivity contribution in [1.82, 2.24) is 39.2 Å². The van der Waals surface area contributed by atoms with Crippen molar-refractivity contribution in [2.75, 3.05) is 13.1 Å². The minimum atomic E-state index is -0.719. The Hall–Kier alpha value is -5.59. The van der Waals surface area contributed by atoms with Crippen LogP contribution < -0.4 is 0 Å². The number of benzene rings is 1. The topological polar surface area (TPSA) is 124 Å². The lowest BCUT2D eigenvalue weighted by Crippen LogP contribution is -2.39. The first kappa shape index (κ1) is 28.9. The van der Waals surface area contributed by atoms with E-state index in [0.29, 0.717) is 54.6 Å². The molecule has 1 aromatic carbocycles. The first-order valence-electron chi connectivity index (χ1n) is 15.5. The van der Waals surface area contributed by atoms with Crippen molar-refractivity contribution in [2.45, 2.75) is 44.1 Å². The molecule has 1 aliphatic carbocycles. The monoisotopic (exact) mass is 634 g/mol. The number of fused-ring (bicyclic) bond motifs is 1. The van der Waals surface area contributed by atoms with Gasteiger partial charge in [0.05, 0.1) is 29.7 Å². The fraction of sp³-hybridized carbons (Fsp3) is 0.265. The molecule has 6 aromatic rings. The Kier molecular flexibility index (Phi) is 7.15. The highest BCUT2D eigenvalue weighted by Crippen LogP contribution is 2.46. The Morgan fingerprint density at radius 1 is 0.936 bits per heavy atom. The van der Waals surface area contributed by atoms with E-state index in [0.717, 1.165) is 36.0 Å². The van der Waals surface area contributed by atoms with Gasteiger partial charge in [0.25, 0.3) is 5.91 Å². The average Bonchev–Trinajstić information content (AvgIpc) is 3.44. The number of amides is 1. The van der Waals surface area contributed by atoms with Gasteiger partial charge in [0.2, 0.25) is 5.95 Å². The highest BCUT2D eigenvalue weighted by Gasteiger charge is 2.36. The number of halogens is 2. The highest BCUT2D eigenvalue weighted by atomic mass is 19.1. The molecular weight excluding hydrogens is 606 g/mol. The van der Waals surface area contributed by atoms with Crippen LogP contribution in [-0.2, 0) is 6.42 Å². The molecule has 11 nitrogen and oxygen atoms in total. The van der Waals surface area contributed by atoms with E-state index in [9.17, 15) is 18.4 Å². The summed E-state index contributed by atoms with van der Waals surface area (Å²) in [6.07, 6.45) is 7.77. The SMILES string of the molecule is O=C(Cc1cn2nc(-c3c(-c4ccc(F)cc4)nc(C4CC4)n3C3CCN(C(=O)c4ccon4)CC3)ccc2n1)c1ccnc(F)c1. The van der Waals surface area contributed by atoms with Crippen LogP contribution in [0.1, 0.15) is 70.0 Å². The Balaban J connectivity index is 1.17. The van der Waals surface area contributed by atoms with Gasteiger partial charge in [-0.1, -0.05) is 5.16 Å². The summed E-state index contributed by atoms with van der Waals surface area (Å²) in [5, 5.41) is 8.76. The lowest BCUT2D eigenvalue weighted by atomic mass is 10.0. The van der Waals surface area contributed by atoms with Crippen molar-refractivity contribution < 1.29 is 22.9 Å². The van der Waals surface area contributed by atoms with E-state index in [-0.39, 0.29) is 41.2 Å². The minimum absolute atomic E-state index is 0.0294. The predicted molar refractivity (Wildman–Crippen MR) is 164 cm³/mol. The molecule has 5 aromatic heterocycles. The standard InChI is InChI=1S/C34H28F2N8O3/c35-23-5-3-20(4-6-23)31-32(26-7-8-30-38-24(19-43(30)40-26)18-28(45)22-9-13-37-29(36)17-22)44(33(39-31)21-1-2-21)25-10-14-42(15-11-25)34(46)27-12-16-47-41-27/h3-9,12-13,16-17,19,21,25H,1-2,10-11,14-15,18H2. The molecule has 1 aliphatic heterocycles. The zero-order valence-corrected chi connectivity index (χ0v) is 25.1. The van der Waals surface area contributed by atoms with Gasteiger partial charge >= 0.3 is 0 Å². The minimum Gasteiger partial charge on any atom is -0.364 e. The molecule has 1 amide bonds. The van der Waals surface area contributed by atoms with Crippen LogP contribution in [-0.4, -0.2) is 64.0 Å². The molecule has 236 valence electrons. The number of hydrogen-bond donors (Lipinski definition) is 0. The molecule has 8 rings (SSSR count). The Bertz CT molecular complexity index is 2110. The maximum absolute atomic E-state index is 14.0. The lowest BCUT2D eigenvalue weighted by molar-refractivity contribution is 0.0683. The van der Waals surface area contributed by atoms with E-state index in [1.807, 2.05) is 12.1 Å². The summed E-state index contributed by atoms with van der Waals surface area (Å²) in [5.74, 6) is -0.240. The number of carbonyl (C=O) groups is 2. The summed E-state index contributed by atoms with van der Waals surface area (Å²) >= 11 is 0. The summed E-state index contributed by atoms with van der Waals surface area (Å²) in [5.41, 5.74) is 4.47. The molecule has 0 radical (unpaired) electrons. The average molecular weight is 635 g/mol. The maximum Gasteiger partial charge on any atom is 0.276 e. The van der Waals surface area contributed by atoms with E-state index < -0.39 is 5.95 Å². The molecule has 13 heteroatoms. The van der Waals surface area contributed by atoms with Gasteiger partial charge in [0, 0.05) is 54.5 Å². The van der Waals surface area contributed by atoms with Gasteiger partial charge in [0.15, 0.2) is 17.1 Å². The van der Waals surface area contributed by atoms with Gasteiger partial charge in [-0.25, -0.2) is 23.9 Å². The van der Waals surface area contributed by atoms with Gasteiger partial charge in [-0.05, 0) is 68.1 Å². The summed E-state index contributed by atoms with van der Waals surface area (Å²) < 4.78 is 36.4. The zero-order valence-electron chi connectivity index (χ0n) is 25.1. The molecule has 1 saturated carbocycles. The number of rotatable bonds is 8. The molecule has 1 saturated heterocycles. The first-order valence-corrected chi connectivity index (χ1v) is 15.5. The second kappa shape index (κ2) is 11.6. The van der Waals surface area contributed by atoms with Crippen molar-refractivity contribution in [3.63, 3.8) is 0 Å². The molecule has 0 unspecified atom stereocenters. The van der Waals surface area contributed by atoms with Crippen molar-refractivity contribution in [3.8, 4) is 22.6 Å². The number of aromatic nitrogens is 7. The molecule has 47 heavy (non-hydrogen) atoms. The van der Waals surface area contributed by atoms with E-state index in [2.05, 4.69) is 19.7 Å². The molecule has 0 bridgehead atoms. The Morgan fingerprint density at radius 3 is 2.47 bits per heavy atom. The van der Waals surface area contributed by atoms with Crippen LogP contribution in [0, 0.1) is 11.8 Å². The number of carbonyl (C=O) groups excluding carboxylic acids is 2. The smallest absolute Gasteiger partial charge is 0.276 e. The second-order valence-electron chi connectivity index (χ2n) is 11.9. The summed E-state index contributed by atoms with van der Waals surface area (Å²) in [6, 6.07) is 14.2. The van der Waals surface area contributed by atoms with Gasteiger partial charge in [-0.3, -0.25) is 9.59 Å². The van der Waals surface area contributed by atoms with Crippen molar-refractivity contribution in [3.05, 3.63) is 108 Å². The van der Waals surface area contributed by atoms with E-state index in [1.165, 1.54) is 30.7 Å². The third-order valence-corrected chi connectivity index (χ3v) is 8.78. The Morgan fingerprint density at radius 2 is 1.74 bits per heavy atom. The quantitative estimate of drug-likeness (QED) is 0.154.